The molecule has 0 atom stereocenters. The van der Waals surface area contributed by atoms with Crippen molar-refractivity contribution in [3.8, 4) is 0 Å². The molecule has 3 heteroatoms. The first-order chi connectivity index (χ1) is 9.29. The number of halogens is 1. The number of rotatable bonds is 6. The molecule has 1 aromatic rings. The lowest BCUT2D eigenvalue weighted by molar-refractivity contribution is -0.132. The smallest absolute Gasteiger partial charge is 0.223 e. The van der Waals surface area contributed by atoms with Crippen molar-refractivity contribution in [2.75, 3.05) is 12.4 Å². The van der Waals surface area contributed by atoms with E-state index in [-0.39, 0.29) is 5.91 Å². The molecule has 0 N–H and O–H groups in total. The van der Waals surface area contributed by atoms with Crippen LogP contribution in [0.2, 0.25) is 0 Å². The number of carbonyl (C=O) groups is 1. The molecule has 0 spiro atoms. The molecule has 19 heavy (non-hydrogen) atoms. The molecule has 0 radical (unpaired) electrons. The van der Waals surface area contributed by atoms with Crippen LogP contribution in [0.25, 0.3) is 0 Å². The van der Waals surface area contributed by atoms with E-state index in [0.717, 1.165) is 0 Å². The van der Waals surface area contributed by atoms with E-state index >= 15 is 0 Å². The van der Waals surface area contributed by atoms with Crippen LogP contribution in [0.5, 0.6) is 0 Å². The monoisotopic (exact) mass is 279 g/mol. The van der Waals surface area contributed by atoms with Gasteiger partial charge in [-0.1, -0.05) is 43.2 Å². The molecule has 1 aliphatic carbocycles. The zero-order valence-electron chi connectivity index (χ0n) is 11.4. The molecule has 2 rings (SSSR count). The van der Waals surface area contributed by atoms with Crippen molar-refractivity contribution in [3.63, 3.8) is 0 Å². The summed E-state index contributed by atoms with van der Waals surface area (Å²) in [7, 11) is 0. The Morgan fingerprint density at radius 1 is 1.21 bits per heavy atom. The van der Waals surface area contributed by atoms with Crippen LogP contribution in [0.1, 0.15) is 37.7 Å². The Hall–Kier alpha value is -1.02. The summed E-state index contributed by atoms with van der Waals surface area (Å²) in [6, 6.07) is 10.1. The van der Waals surface area contributed by atoms with Gasteiger partial charge < -0.3 is 4.90 Å². The zero-order chi connectivity index (χ0) is 13.5. The van der Waals surface area contributed by atoms with Crippen LogP contribution in [-0.4, -0.2) is 23.2 Å². The van der Waals surface area contributed by atoms with Crippen molar-refractivity contribution in [1.29, 1.82) is 0 Å². The van der Waals surface area contributed by atoms with E-state index in [0.29, 0.717) is 31.3 Å². The predicted octanol–water partition coefficient (Wildman–Crippen LogP) is 3.83. The third-order valence-corrected chi connectivity index (χ3v) is 4.03. The minimum atomic E-state index is 0.261. The van der Waals surface area contributed by atoms with Gasteiger partial charge in [0.1, 0.15) is 0 Å². The number of hydrogen-bond acceptors (Lipinski definition) is 1. The van der Waals surface area contributed by atoms with Gasteiger partial charge in [0.15, 0.2) is 0 Å². The second-order valence-electron chi connectivity index (χ2n) is 5.34. The van der Waals surface area contributed by atoms with Crippen molar-refractivity contribution in [2.24, 2.45) is 5.92 Å². The molecule has 1 amide bonds. The Kier molecular flexibility index (Phi) is 5.71. The van der Waals surface area contributed by atoms with Gasteiger partial charge in [0.2, 0.25) is 5.91 Å². The topological polar surface area (TPSA) is 20.3 Å². The fourth-order valence-electron chi connectivity index (χ4n) is 2.79. The molecule has 0 aromatic heterocycles. The summed E-state index contributed by atoms with van der Waals surface area (Å²) < 4.78 is 0. The van der Waals surface area contributed by atoms with Gasteiger partial charge in [0.05, 0.1) is 0 Å². The van der Waals surface area contributed by atoms with E-state index in [4.69, 9.17) is 11.6 Å². The Morgan fingerprint density at radius 3 is 2.53 bits per heavy atom. The average molecular weight is 280 g/mol. The van der Waals surface area contributed by atoms with Crippen molar-refractivity contribution in [1.82, 2.24) is 4.90 Å². The summed E-state index contributed by atoms with van der Waals surface area (Å²) in [6.45, 7) is 1.32. The normalized spacial score (nSPS) is 15.6. The van der Waals surface area contributed by atoms with Crippen LogP contribution in [-0.2, 0) is 11.3 Å². The number of alkyl halides is 1. The first-order valence-corrected chi connectivity index (χ1v) is 7.70. The Bertz CT molecular complexity index is 387. The molecule has 0 heterocycles. The lowest BCUT2D eigenvalue weighted by Crippen LogP contribution is -2.33. The highest BCUT2D eigenvalue weighted by atomic mass is 35.5. The summed E-state index contributed by atoms with van der Waals surface area (Å²) in [6.07, 6.45) is 5.69. The van der Waals surface area contributed by atoms with Gasteiger partial charge in [0.25, 0.3) is 0 Å². The first kappa shape index (κ1) is 14.4. The number of benzene rings is 1. The zero-order valence-corrected chi connectivity index (χ0v) is 12.1. The highest BCUT2D eigenvalue weighted by molar-refractivity contribution is 6.18. The Morgan fingerprint density at radius 2 is 1.89 bits per heavy atom. The van der Waals surface area contributed by atoms with Crippen LogP contribution in [0.15, 0.2) is 30.3 Å². The summed E-state index contributed by atoms with van der Waals surface area (Å²) in [5.74, 6) is 1.36. The van der Waals surface area contributed by atoms with Gasteiger partial charge in [-0.15, -0.1) is 11.6 Å². The van der Waals surface area contributed by atoms with Crippen LogP contribution in [0.3, 0.4) is 0 Å². The minimum absolute atomic E-state index is 0.261. The molecule has 1 aromatic carbocycles. The van der Waals surface area contributed by atoms with Gasteiger partial charge in [-0.25, -0.2) is 0 Å². The van der Waals surface area contributed by atoms with Crippen LogP contribution < -0.4 is 0 Å². The molecule has 1 saturated carbocycles. The molecule has 0 saturated heterocycles. The fourth-order valence-corrected chi connectivity index (χ4v) is 2.99. The quantitative estimate of drug-likeness (QED) is 0.725. The summed E-state index contributed by atoms with van der Waals surface area (Å²) in [5.41, 5.74) is 1.17. The van der Waals surface area contributed by atoms with Gasteiger partial charge in [-0.05, 0) is 24.3 Å². The van der Waals surface area contributed by atoms with E-state index < -0.39 is 0 Å². The number of carbonyl (C=O) groups excluding carboxylic acids is 1. The maximum atomic E-state index is 12.4. The summed E-state index contributed by atoms with van der Waals surface area (Å²) in [4.78, 5) is 14.3. The van der Waals surface area contributed by atoms with Gasteiger partial charge >= 0.3 is 0 Å². The van der Waals surface area contributed by atoms with Crippen molar-refractivity contribution < 1.29 is 4.79 Å². The SMILES string of the molecule is O=C(CC1CCCC1)N(CCCl)Cc1ccccc1. The summed E-state index contributed by atoms with van der Waals surface area (Å²) in [5, 5.41) is 0. The Balaban J connectivity index is 1.92. The largest absolute Gasteiger partial charge is 0.337 e. The second-order valence-corrected chi connectivity index (χ2v) is 5.72. The second kappa shape index (κ2) is 7.54. The van der Waals surface area contributed by atoms with Crippen molar-refractivity contribution in [3.05, 3.63) is 35.9 Å². The predicted molar refractivity (Wildman–Crippen MR) is 79.2 cm³/mol. The average Bonchev–Trinajstić information content (AvgIpc) is 2.92. The van der Waals surface area contributed by atoms with E-state index in [1.54, 1.807) is 0 Å². The minimum Gasteiger partial charge on any atom is -0.337 e. The molecule has 104 valence electrons. The molecule has 0 bridgehead atoms. The van der Waals surface area contributed by atoms with E-state index in [1.165, 1.54) is 31.2 Å². The fraction of sp³-hybridized carbons (Fsp3) is 0.562. The molecule has 0 unspecified atom stereocenters. The maximum absolute atomic E-state index is 12.4. The van der Waals surface area contributed by atoms with E-state index in [2.05, 4.69) is 12.1 Å². The van der Waals surface area contributed by atoms with E-state index in [9.17, 15) is 4.79 Å². The molecular formula is C16H22ClNO. The highest BCUT2D eigenvalue weighted by Crippen LogP contribution is 2.28. The van der Waals surface area contributed by atoms with Gasteiger partial charge in [-0.3, -0.25) is 4.79 Å². The number of amides is 1. The Labute approximate surface area is 120 Å². The van der Waals surface area contributed by atoms with Gasteiger partial charge in [0, 0.05) is 25.4 Å². The van der Waals surface area contributed by atoms with Crippen LogP contribution >= 0.6 is 11.6 Å². The number of nitrogens with zero attached hydrogens (tertiary/aromatic N) is 1. The highest BCUT2D eigenvalue weighted by Gasteiger charge is 2.21. The maximum Gasteiger partial charge on any atom is 0.223 e. The first-order valence-electron chi connectivity index (χ1n) is 7.17. The molecule has 0 aliphatic heterocycles. The molecular weight excluding hydrogens is 258 g/mol. The van der Waals surface area contributed by atoms with Gasteiger partial charge in [-0.2, -0.15) is 0 Å². The van der Waals surface area contributed by atoms with E-state index in [1.807, 2.05) is 23.1 Å². The number of hydrogen-bond donors (Lipinski definition) is 0. The molecule has 1 fully saturated rings. The standard InChI is InChI=1S/C16H22ClNO/c17-10-11-18(13-15-8-2-1-3-9-15)16(19)12-14-6-4-5-7-14/h1-3,8-9,14H,4-7,10-13H2. The van der Waals surface area contributed by atoms with Crippen LogP contribution in [0, 0.1) is 5.92 Å². The lowest BCUT2D eigenvalue weighted by atomic mass is 10.0. The summed E-state index contributed by atoms with van der Waals surface area (Å²) >= 11 is 5.83. The third kappa shape index (κ3) is 4.54. The van der Waals surface area contributed by atoms with Crippen molar-refractivity contribution in [2.45, 2.75) is 38.6 Å². The third-order valence-electron chi connectivity index (χ3n) is 3.86. The van der Waals surface area contributed by atoms with Crippen molar-refractivity contribution >= 4 is 17.5 Å². The molecule has 2 nitrogen and oxygen atoms in total. The van der Waals surface area contributed by atoms with Crippen LogP contribution in [0.4, 0.5) is 0 Å². The lowest BCUT2D eigenvalue weighted by Gasteiger charge is -2.23. The molecule has 1 aliphatic rings.